The zero-order valence-corrected chi connectivity index (χ0v) is 22.6. The van der Waals surface area contributed by atoms with E-state index in [0.29, 0.717) is 29.2 Å². The Morgan fingerprint density at radius 2 is 1.80 bits per heavy atom. The van der Waals surface area contributed by atoms with Crippen molar-refractivity contribution in [2.45, 2.75) is 26.5 Å². The first-order chi connectivity index (χ1) is 19.4. The number of carbonyl (C=O) groups excluding carboxylic acids is 3. The minimum Gasteiger partial charge on any atom is -0.507 e. The van der Waals surface area contributed by atoms with E-state index >= 15 is 0 Å². The number of hydrogen-bond donors (Lipinski definition) is 1. The number of aliphatic hydroxyl groups excluding tert-OH is 1. The molecule has 1 unspecified atom stereocenters. The van der Waals surface area contributed by atoms with Crippen molar-refractivity contribution in [1.29, 1.82) is 0 Å². The average Bonchev–Trinajstić information content (AvgIpc) is 3.49. The van der Waals surface area contributed by atoms with E-state index in [-0.39, 0.29) is 27.9 Å². The number of thiazole rings is 1. The van der Waals surface area contributed by atoms with Crippen molar-refractivity contribution < 1.29 is 29.0 Å². The van der Waals surface area contributed by atoms with E-state index in [1.807, 2.05) is 30.3 Å². The summed E-state index contributed by atoms with van der Waals surface area (Å²) in [5, 5.41) is 11.4. The highest BCUT2D eigenvalue weighted by Gasteiger charge is 2.48. The molecule has 0 saturated carbocycles. The number of nitrogens with zero attached hydrogens (tertiary/aromatic N) is 3. The molecule has 4 aromatic rings. The Labute approximate surface area is 234 Å². The number of aliphatic hydroxyl groups is 1. The van der Waals surface area contributed by atoms with Gasteiger partial charge in [-0.1, -0.05) is 53.8 Å². The summed E-state index contributed by atoms with van der Waals surface area (Å²) in [6, 6.07) is 18.7. The largest absolute Gasteiger partial charge is 0.507 e. The molecule has 1 N–H and O–H groups in total. The molecule has 1 atom stereocenters. The Morgan fingerprint density at radius 3 is 2.52 bits per heavy atom. The normalized spacial score (nSPS) is 16.2. The van der Waals surface area contributed by atoms with Gasteiger partial charge in [-0.25, -0.2) is 9.78 Å². The summed E-state index contributed by atoms with van der Waals surface area (Å²) in [6.45, 7) is 3.82. The third-order valence-corrected chi connectivity index (χ3v) is 7.41. The maximum Gasteiger partial charge on any atom is 0.350 e. The molecule has 1 amide bonds. The van der Waals surface area contributed by atoms with Crippen LogP contribution in [0.2, 0.25) is 0 Å². The molecule has 1 aliphatic heterocycles. The summed E-state index contributed by atoms with van der Waals surface area (Å²) < 4.78 is 11.1. The Kier molecular flexibility index (Phi) is 7.70. The third-order valence-electron chi connectivity index (χ3n) is 6.27. The topological polar surface area (TPSA) is 119 Å². The molecule has 10 heteroatoms. The Hall–Kier alpha value is -4.83. The number of benzene rings is 2. The SMILES string of the molecule is CCOC(=O)c1sc(N2C(=O)C(=O)C(=C(O)c3ccncc3)C2c2cccc(OCc3ccccc3)c2)nc1C. The number of hydrogen-bond acceptors (Lipinski definition) is 9. The van der Waals surface area contributed by atoms with Crippen LogP contribution in [0.15, 0.2) is 84.7 Å². The first-order valence-electron chi connectivity index (χ1n) is 12.5. The number of pyridine rings is 1. The average molecular weight is 556 g/mol. The molecule has 2 aromatic carbocycles. The molecule has 0 spiro atoms. The Balaban J connectivity index is 1.61. The molecule has 3 heterocycles. The maximum absolute atomic E-state index is 13.5. The molecule has 2 aromatic heterocycles. The number of rotatable bonds is 8. The van der Waals surface area contributed by atoms with Crippen LogP contribution in [0.25, 0.3) is 5.76 Å². The van der Waals surface area contributed by atoms with Crippen molar-refractivity contribution >= 4 is 39.9 Å². The first kappa shape index (κ1) is 26.8. The van der Waals surface area contributed by atoms with Gasteiger partial charge < -0.3 is 14.6 Å². The van der Waals surface area contributed by atoms with Crippen LogP contribution in [-0.4, -0.2) is 39.3 Å². The van der Waals surface area contributed by atoms with Crippen LogP contribution in [0, 0.1) is 6.92 Å². The van der Waals surface area contributed by atoms with Crippen LogP contribution < -0.4 is 9.64 Å². The smallest absolute Gasteiger partial charge is 0.350 e. The summed E-state index contributed by atoms with van der Waals surface area (Å²) in [4.78, 5) is 49.3. The van der Waals surface area contributed by atoms with E-state index in [2.05, 4.69) is 9.97 Å². The summed E-state index contributed by atoms with van der Waals surface area (Å²) in [7, 11) is 0. The second-order valence-electron chi connectivity index (χ2n) is 8.88. The van der Waals surface area contributed by atoms with Gasteiger partial charge >= 0.3 is 11.9 Å². The first-order valence-corrected chi connectivity index (χ1v) is 13.3. The number of carbonyl (C=O) groups is 3. The zero-order valence-electron chi connectivity index (χ0n) is 21.7. The van der Waals surface area contributed by atoms with E-state index < -0.39 is 23.7 Å². The minimum atomic E-state index is -1.03. The molecule has 9 nitrogen and oxygen atoms in total. The van der Waals surface area contributed by atoms with Crippen LogP contribution in [-0.2, 0) is 20.9 Å². The van der Waals surface area contributed by atoms with E-state index in [0.717, 1.165) is 16.9 Å². The van der Waals surface area contributed by atoms with Crippen LogP contribution in [0.3, 0.4) is 0 Å². The van der Waals surface area contributed by atoms with Gasteiger partial charge in [0.15, 0.2) is 5.13 Å². The molecule has 0 radical (unpaired) electrons. The summed E-state index contributed by atoms with van der Waals surface area (Å²) in [5.74, 6) is -2.15. The van der Waals surface area contributed by atoms with Crippen LogP contribution in [0.1, 0.15) is 45.0 Å². The second-order valence-corrected chi connectivity index (χ2v) is 9.86. The van der Waals surface area contributed by atoms with E-state index in [1.54, 1.807) is 50.2 Å². The maximum atomic E-state index is 13.5. The fourth-order valence-corrected chi connectivity index (χ4v) is 5.38. The molecule has 0 aliphatic carbocycles. The predicted octanol–water partition coefficient (Wildman–Crippen LogP) is 5.23. The van der Waals surface area contributed by atoms with Crippen LogP contribution >= 0.6 is 11.3 Å². The van der Waals surface area contributed by atoms with E-state index in [1.165, 1.54) is 17.3 Å². The third kappa shape index (κ3) is 5.21. The van der Waals surface area contributed by atoms with Crippen molar-refractivity contribution in [3.63, 3.8) is 0 Å². The highest BCUT2D eigenvalue weighted by atomic mass is 32.1. The highest BCUT2D eigenvalue weighted by Crippen LogP contribution is 2.44. The van der Waals surface area contributed by atoms with Gasteiger partial charge in [0.25, 0.3) is 5.78 Å². The van der Waals surface area contributed by atoms with Crippen molar-refractivity contribution in [2.24, 2.45) is 0 Å². The molecule has 1 fully saturated rings. The molecule has 0 bridgehead atoms. The summed E-state index contributed by atoms with van der Waals surface area (Å²) in [5.41, 5.74) is 2.08. The van der Waals surface area contributed by atoms with Crippen molar-refractivity contribution in [3.8, 4) is 5.75 Å². The summed E-state index contributed by atoms with van der Waals surface area (Å²) in [6.07, 6.45) is 2.96. The van der Waals surface area contributed by atoms with Gasteiger partial charge in [-0.05, 0) is 49.2 Å². The van der Waals surface area contributed by atoms with Crippen LogP contribution in [0.4, 0.5) is 5.13 Å². The number of aryl methyl sites for hydroxylation is 1. The number of esters is 1. The molecule has 1 aliphatic rings. The molecule has 5 rings (SSSR count). The zero-order chi connectivity index (χ0) is 28.2. The second kappa shape index (κ2) is 11.5. The molecule has 202 valence electrons. The molecule has 1 saturated heterocycles. The number of amides is 1. The minimum absolute atomic E-state index is 0.109. The van der Waals surface area contributed by atoms with Crippen molar-refractivity contribution in [2.75, 3.05) is 11.5 Å². The number of anilines is 1. The number of ether oxygens (including phenoxy) is 2. The van der Waals surface area contributed by atoms with Gasteiger partial charge in [0.1, 0.15) is 23.0 Å². The van der Waals surface area contributed by atoms with Gasteiger partial charge in [-0.3, -0.25) is 19.5 Å². The van der Waals surface area contributed by atoms with Crippen LogP contribution in [0.5, 0.6) is 5.75 Å². The van der Waals surface area contributed by atoms with Gasteiger partial charge in [0, 0.05) is 18.0 Å². The van der Waals surface area contributed by atoms with Crippen molar-refractivity contribution in [3.05, 3.63) is 112 Å². The van der Waals surface area contributed by atoms with Gasteiger partial charge in [-0.15, -0.1) is 0 Å². The molecular formula is C30H25N3O6S. The number of aromatic nitrogens is 2. The Morgan fingerprint density at radius 1 is 1.05 bits per heavy atom. The van der Waals surface area contributed by atoms with Gasteiger partial charge in [-0.2, -0.15) is 0 Å². The van der Waals surface area contributed by atoms with E-state index in [9.17, 15) is 19.5 Å². The number of Topliss-reactive ketones (excluding diaryl/α,β-unsaturated/α-hetero) is 1. The van der Waals surface area contributed by atoms with Gasteiger partial charge in [0.2, 0.25) is 0 Å². The number of ketones is 1. The lowest BCUT2D eigenvalue weighted by molar-refractivity contribution is -0.132. The van der Waals surface area contributed by atoms with E-state index in [4.69, 9.17) is 9.47 Å². The highest BCUT2D eigenvalue weighted by molar-refractivity contribution is 7.17. The molecule has 40 heavy (non-hydrogen) atoms. The lowest BCUT2D eigenvalue weighted by atomic mass is 9.95. The monoisotopic (exact) mass is 555 g/mol. The lowest BCUT2D eigenvalue weighted by Gasteiger charge is -2.23. The van der Waals surface area contributed by atoms with Crippen molar-refractivity contribution in [1.82, 2.24) is 9.97 Å². The quantitative estimate of drug-likeness (QED) is 0.136. The summed E-state index contributed by atoms with van der Waals surface area (Å²) >= 11 is 0.952. The lowest BCUT2D eigenvalue weighted by Crippen LogP contribution is -2.29. The fraction of sp³-hybridized carbons (Fsp3) is 0.167. The predicted molar refractivity (Wildman–Crippen MR) is 149 cm³/mol. The Bertz CT molecular complexity index is 1600. The van der Waals surface area contributed by atoms with Gasteiger partial charge in [0.05, 0.1) is 23.9 Å². The fourth-order valence-electron chi connectivity index (χ4n) is 4.40. The molecular weight excluding hydrogens is 530 g/mol. The standard InChI is InChI=1S/C30H25N3O6S/c1-3-38-29(37)27-18(2)32-30(40-27)33-24(23(26(35)28(33)36)25(34)20-12-14-31-15-13-20)21-10-7-11-22(16-21)39-17-19-8-5-4-6-9-19/h4-16,24,34H,3,17H2,1-2H3.